The summed E-state index contributed by atoms with van der Waals surface area (Å²) in [6.07, 6.45) is 0. The molecule has 1 aromatic heterocycles. The molecule has 106 valence electrons. The van der Waals surface area contributed by atoms with E-state index in [1.54, 1.807) is 0 Å². The molecule has 0 saturated carbocycles. The summed E-state index contributed by atoms with van der Waals surface area (Å²) in [7, 11) is 0. The summed E-state index contributed by atoms with van der Waals surface area (Å²) >= 11 is 0. The number of rotatable bonds is 5. The molecular formula is C16H20N2O2. The highest BCUT2D eigenvalue weighted by molar-refractivity contribution is 5.81. The maximum absolute atomic E-state index is 11.7. The summed E-state index contributed by atoms with van der Waals surface area (Å²) in [5.41, 5.74) is 7.42. The molecule has 0 radical (unpaired) electrons. The number of hydrogen-bond acceptors (Lipinski definition) is 3. The van der Waals surface area contributed by atoms with Crippen molar-refractivity contribution in [3.63, 3.8) is 0 Å². The van der Waals surface area contributed by atoms with Crippen molar-refractivity contribution >= 4 is 5.91 Å². The topological polar surface area (TPSA) is 68.3 Å². The van der Waals surface area contributed by atoms with Crippen LogP contribution >= 0.6 is 0 Å². The molecule has 0 saturated heterocycles. The van der Waals surface area contributed by atoms with E-state index in [0.29, 0.717) is 0 Å². The van der Waals surface area contributed by atoms with E-state index in [1.165, 1.54) is 0 Å². The Hall–Kier alpha value is -2.07. The van der Waals surface area contributed by atoms with E-state index >= 15 is 0 Å². The molecule has 2 aromatic rings. The van der Waals surface area contributed by atoms with E-state index in [4.69, 9.17) is 10.2 Å². The van der Waals surface area contributed by atoms with Crippen LogP contribution in [0.4, 0.5) is 0 Å². The van der Waals surface area contributed by atoms with E-state index in [-0.39, 0.29) is 11.9 Å². The normalized spacial score (nSPS) is 13.9. The average Bonchev–Trinajstić information content (AvgIpc) is 2.75. The molecule has 0 aliphatic carbocycles. The minimum atomic E-state index is -0.513. The lowest BCUT2D eigenvalue weighted by Gasteiger charge is -2.21. The second-order valence-electron chi connectivity index (χ2n) is 5.00. The van der Waals surface area contributed by atoms with Crippen LogP contribution < -0.4 is 11.1 Å². The quantitative estimate of drug-likeness (QED) is 0.879. The van der Waals surface area contributed by atoms with Crippen LogP contribution in [0.25, 0.3) is 0 Å². The summed E-state index contributed by atoms with van der Waals surface area (Å²) in [5, 5.41) is 3.27. The summed E-state index contributed by atoms with van der Waals surface area (Å²) in [5.74, 6) is 1.33. The minimum absolute atomic E-state index is 0.0230. The third kappa shape index (κ3) is 3.08. The van der Waals surface area contributed by atoms with Crippen molar-refractivity contribution in [3.8, 4) is 0 Å². The van der Waals surface area contributed by atoms with Crippen LogP contribution in [-0.2, 0) is 4.79 Å². The molecule has 3 N–H and O–H groups in total. The first-order valence-corrected chi connectivity index (χ1v) is 6.66. The zero-order chi connectivity index (χ0) is 14.7. The molecule has 4 nitrogen and oxygen atoms in total. The fourth-order valence-corrected chi connectivity index (χ4v) is 2.41. The van der Waals surface area contributed by atoms with Crippen LogP contribution in [0.2, 0.25) is 0 Å². The molecule has 0 fully saturated rings. The highest BCUT2D eigenvalue weighted by Crippen LogP contribution is 2.24. The number of carbonyl (C=O) groups is 1. The second kappa shape index (κ2) is 5.92. The van der Waals surface area contributed by atoms with Crippen molar-refractivity contribution in [2.75, 3.05) is 0 Å². The summed E-state index contributed by atoms with van der Waals surface area (Å²) < 4.78 is 5.53. The molecule has 20 heavy (non-hydrogen) atoms. The van der Waals surface area contributed by atoms with E-state index in [1.807, 2.05) is 57.2 Å². The van der Waals surface area contributed by atoms with Crippen LogP contribution in [0.1, 0.15) is 41.7 Å². The first-order chi connectivity index (χ1) is 9.49. The van der Waals surface area contributed by atoms with Crippen molar-refractivity contribution in [3.05, 3.63) is 59.0 Å². The largest absolute Gasteiger partial charge is 0.466 e. The molecule has 0 spiro atoms. The Bertz CT molecular complexity index is 590. The van der Waals surface area contributed by atoms with Gasteiger partial charge in [-0.3, -0.25) is 10.1 Å². The monoisotopic (exact) mass is 272 g/mol. The number of primary amides is 1. The Balaban J connectivity index is 2.21. The van der Waals surface area contributed by atoms with Gasteiger partial charge in [-0.05, 0) is 32.4 Å². The fourth-order valence-electron chi connectivity index (χ4n) is 2.41. The Morgan fingerprint density at radius 2 is 1.90 bits per heavy atom. The third-order valence-corrected chi connectivity index (χ3v) is 3.38. The van der Waals surface area contributed by atoms with Gasteiger partial charge in [0.1, 0.15) is 17.6 Å². The van der Waals surface area contributed by atoms with Gasteiger partial charge in [-0.2, -0.15) is 0 Å². The Labute approximate surface area is 119 Å². The van der Waals surface area contributed by atoms with Crippen LogP contribution in [0.3, 0.4) is 0 Å². The molecule has 0 unspecified atom stereocenters. The number of amides is 1. The first kappa shape index (κ1) is 14.3. The lowest BCUT2D eigenvalue weighted by Crippen LogP contribution is -2.35. The van der Waals surface area contributed by atoms with Crippen molar-refractivity contribution in [2.24, 2.45) is 5.73 Å². The van der Waals surface area contributed by atoms with Crippen molar-refractivity contribution in [2.45, 2.75) is 32.9 Å². The predicted octanol–water partition coefficient (Wildman–Crippen LogP) is 2.77. The van der Waals surface area contributed by atoms with Crippen LogP contribution in [-0.4, -0.2) is 5.91 Å². The number of benzene rings is 1. The molecule has 1 aromatic carbocycles. The van der Waals surface area contributed by atoms with Gasteiger partial charge in [-0.1, -0.05) is 30.3 Å². The second-order valence-corrected chi connectivity index (χ2v) is 5.00. The number of nitrogens with one attached hydrogen (secondary N) is 1. The smallest absolute Gasteiger partial charge is 0.239 e. The summed E-state index contributed by atoms with van der Waals surface area (Å²) in [6, 6.07) is 10.9. The number of carbonyl (C=O) groups excluding carboxylic acids is 1. The van der Waals surface area contributed by atoms with Gasteiger partial charge >= 0.3 is 0 Å². The average molecular weight is 272 g/mol. The number of aryl methyl sites for hydroxylation is 2. The number of hydrogen-bond donors (Lipinski definition) is 2. The van der Waals surface area contributed by atoms with E-state index in [0.717, 1.165) is 22.6 Å². The lowest BCUT2D eigenvalue weighted by atomic mass is 10.0. The van der Waals surface area contributed by atoms with E-state index < -0.39 is 6.04 Å². The molecule has 4 heteroatoms. The molecule has 1 amide bonds. The zero-order valence-electron chi connectivity index (χ0n) is 12.0. The number of furan rings is 1. The molecule has 2 atom stereocenters. The molecule has 0 aliphatic rings. The van der Waals surface area contributed by atoms with Gasteiger partial charge in [0.15, 0.2) is 0 Å². The van der Waals surface area contributed by atoms with Crippen LogP contribution in [0.5, 0.6) is 0 Å². The Morgan fingerprint density at radius 3 is 2.40 bits per heavy atom. The van der Waals surface area contributed by atoms with Crippen molar-refractivity contribution in [1.29, 1.82) is 0 Å². The van der Waals surface area contributed by atoms with Gasteiger partial charge in [-0.25, -0.2) is 0 Å². The van der Waals surface area contributed by atoms with Gasteiger partial charge in [0.25, 0.3) is 0 Å². The highest BCUT2D eigenvalue weighted by atomic mass is 16.3. The maximum atomic E-state index is 11.7. The van der Waals surface area contributed by atoms with Crippen LogP contribution in [0.15, 0.2) is 40.8 Å². The maximum Gasteiger partial charge on any atom is 0.239 e. The molecule has 0 aliphatic heterocycles. The van der Waals surface area contributed by atoms with Crippen molar-refractivity contribution in [1.82, 2.24) is 5.32 Å². The zero-order valence-corrected chi connectivity index (χ0v) is 12.0. The third-order valence-electron chi connectivity index (χ3n) is 3.38. The standard InChI is InChI=1S/C16H20N2O2/c1-10-9-14(12(3)20-10)11(2)18-15(16(17)19)13-7-5-4-6-8-13/h4-9,11,15,18H,1-3H3,(H2,17,19)/t11-,15-/m0/s1. The van der Waals surface area contributed by atoms with E-state index in [9.17, 15) is 4.79 Å². The fraction of sp³-hybridized carbons (Fsp3) is 0.312. The predicted molar refractivity (Wildman–Crippen MR) is 78.1 cm³/mol. The Morgan fingerprint density at radius 1 is 1.25 bits per heavy atom. The Kier molecular flexibility index (Phi) is 4.25. The van der Waals surface area contributed by atoms with Crippen molar-refractivity contribution < 1.29 is 9.21 Å². The molecule has 1 heterocycles. The van der Waals surface area contributed by atoms with E-state index in [2.05, 4.69) is 5.32 Å². The first-order valence-electron chi connectivity index (χ1n) is 6.66. The lowest BCUT2D eigenvalue weighted by molar-refractivity contribution is -0.120. The molecular weight excluding hydrogens is 252 g/mol. The summed E-state index contributed by atoms with van der Waals surface area (Å²) in [4.78, 5) is 11.7. The van der Waals surface area contributed by atoms with Gasteiger partial charge < -0.3 is 10.2 Å². The minimum Gasteiger partial charge on any atom is -0.466 e. The summed E-state index contributed by atoms with van der Waals surface area (Å²) in [6.45, 7) is 5.82. The van der Waals surface area contributed by atoms with Gasteiger partial charge in [-0.15, -0.1) is 0 Å². The SMILES string of the molecule is Cc1cc([C@H](C)N[C@H](C(N)=O)c2ccccc2)c(C)o1. The van der Waals surface area contributed by atoms with Crippen LogP contribution in [0, 0.1) is 13.8 Å². The highest BCUT2D eigenvalue weighted by Gasteiger charge is 2.22. The molecule has 0 bridgehead atoms. The van der Waals surface area contributed by atoms with Gasteiger partial charge in [0.2, 0.25) is 5.91 Å². The van der Waals surface area contributed by atoms with Gasteiger partial charge in [0, 0.05) is 11.6 Å². The number of nitrogens with two attached hydrogens (primary N) is 1. The molecule has 2 rings (SSSR count). The van der Waals surface area contributed by atoms with Gasteiger partial charge in [0.05, 0.1) is 0 Å².